The standard InChI is InChI=1S/C21H28N2O4/c1-15(24)17-11-16-12-20(19(25-2)13-18(16)22-17)27-10-8-23-6-3-21(4-7-23)5-9-26-14-21/h11-13,22H,3-10,14H2,1-2H3. The first kappa shape index (κ1) is 18.3. The molecule has 1 spiro atoms. The van der Waals surface area contributed by atoms with E-state index >= 15 is 0 Å². The van der Waals surface area contributed by atoms with Crippen LogP contribution in [0, 0.1) is 5.41 Å². The minimum absolute atomic E-state index is 0.0168. The quantitative estimate of drug-likeness (QED) is 0.789. The summed E-state index contributed by atoms with van der Waals surface area (Å²) in [5.74, 6) is 1.42. The molecule has 0 bridgehead atoms. The van der Waals surface area contributed by atoms with Crippen LogP contribution in [0.25, 0.3) is 10.9 Å². The molecule has 6 nitrogen and oxygen atoms in total. The number of ketones is 1. The Balaban J connectivity index is 1.36. The highest BCUT2D eigenvalue weighted by Gasteiger charge is 2.37. The third kappa shape index (κ3) is 3.82. The summed E-state index contributed by atoms with van der Waals surface area (Å²) in [6, 6.07) is 5.69. The molecule has 0 radical (unpaired) electrons. The third-order valence-electron chi connectivity index (χ3n) is 6.05. The van der Waals surface area contributed by atoms with Crippen molar-refractivity contribution in [2.24, 2.45) is 5.41 Å². The summed E-state index contributed by atoms with van der Waals surface area (Å²) >= 11 is 0. The Labute approximate surface area is 159 Å². The summed E-state index contributed by atoms with van der Waals surface area (Å²) in [4.78, 5) is 17.2. The van der Waals surface area contributed by atoms with Crippen LogP contribution in [0.5, 0.6) is 11.5 Å². The fourth-order valence-electron chi connectivity index (χ4n) is 4.18. The molecule has 0 atom stereocenters. The van der Waals surface area contributed by atoms with Crippen LogP contribution < -0.4 is 9.47 Å². The zero-order valence-corrected chi connectivity index (χ0v) is 16.2. The average Bonchev–Trinajstić information content (AvgIpc) is 3.29. The van der Waals surface area contributed by atoms with Crippen LogP contribution in [0.15, 0.2) is 18.2 Å². The molecule has 146 valence electrons. The minimum atomic E-state index is 0.0168. The number of Topliss-reactive ketones (excluding diaryl/α,β-unsaturated/α-hetero) is 1. The van der Waals surface area contributed by atoms with Crippen LogP contribution in [0.2, 0.25) is 0 Å². The van der Waals surface area contributed by atoms with Crippen molar-refractivity contribution in [1.82, 2.24) is 9.88 Å². The Morgan fingerprint density at radius 1 is 1.22 bits per heavy atom. The molecule has 0 saturated carbocycles. The van der Waals surface area contributed by atoms with Crippen molar-refractivity contribution in [2.75, 3.05) is 46.6 Å². The molecule has 27 heavy (non-hydrogen) atoms. The largest absolute Gasteiger partial charge is 0.493 e. The monoisotopic (exact) mass is 372 g/mol. The van der Waals surface area contributed by atoms with Gasteiger partial charge in [-0.3, -0.25) is 9.69 Å². The van der Waals surface area contributed by atoms with Crippen molar-refractivity contribution in [3.05, 3.63) is 23.9 Å². The van der Waals surface area contributed by atoms with Crippen LogP contribution in [0.1, 0.15) is 36.7 Å². The van der Waals surface area contributed by atoms with Crippen molar-refractivity contribution in [2.45, 2.75) is 26.2 Å². The number of fused-ring (bicyclic) bond motifs is 1. The Morgan fingerprint density at radius 3 is 2.70 bits per heavy atom. The molecule has 0 aliphatic carbocycles. The van der Waals surface area contributed by atoms with E-state index < -0.39 is 0 Å². The number of carbonyl (C=O) groups excluding carboxylic acids is 1. The van der Waals surface area contributed by atoms with Gasteiger partial charge in [-0.2, -0.15) is 0 Å². The molecule has 3 heterocycles. The minimum Gasteiger partial charge on any atom is -0.493 e. The highest BCUT2D eigenvalue weighted by molar-refractivity contribution is 5.98. The van der Waals surface area contributed by atoms with E-state index in [1.165, 1.54) is 19.3 Å². The number of methoxy groups -OCH3 is 1. The molecule has 6 heteroatoms. The average molecular weight is 372 g/mol. The summed E-state index contributed by atoms with van der Waals surface area (Å²) in [7, 11) is 1.64. The van der Waals surface area contributed by atoms with Crippen molar-refractivity contribution < 1.29 is 19.0 Å². The van der Waals surface area contributed by atoms with E-state index in [9.17, 15) is 4.79 Å². The molecule has 1 aromatic heterocycles. The van der Waals surface area contributed by atoms with E-state index in [1.54, 1.807) is 14.0 Å². The zero-order chi connectivity index (χ0) is 18.9. The number of nitrogens with zero attached hydrogens (tertiary/aromatic N) is 1. The third-order valence-corrected chi connectivity index (χ3v) is 6.05. The molecule has 0 amide bonds. The van der Waals surface area contributed by atoms with Crippen molar-refractivity contribution >= 4 is 16.7 Å². The number of piperidine rings is 1. The van der Waals surface area contributed by atoms with E-state index in [0.29, 0.717) is 23.5 Å². The van der Waals surface area contributed by atoms with Gasteiger partial charge in [-0.1, -0.05) is 0 Å². The Morgan fingerprint density at radius 2 is 2.04 bits per heavy atom. The number of H-pyrrole nitrogens is 1. The predicted octanol–water partition coefficient (Wildman–Crippen LogP) is 3.26. The zero-order valence-electron chi connectivity index (χ0n) is 16.2. The summed E-state index contributed by atoms with van der Waals surface area (Å²) in [6.45, 7) is 7.17. The predicted molar refractivity (Wildman–Crippen MR) is 104 cm³/mol. The van der Waals surface area contributed by atoms with Gasteiger partial charge in [0.25, 0.3) is 0 Å². The van der Waals surface area contributed by atoms with E-state index in [-0.39, 0.29) is 5.78 Å². The number of carbonyl (C=O) groups is 1. The first-order valence-corrected chi connectivity index (χ1v) is 9.73. The lowest BCUT2D eigenvalue weighted by atomic mass is 9.78. The molecule has 1 N–H and O–H groups in total. The fraction of sp³-hybridized carbons (Fsp3) is 0.571. The summed E-state index contributed by atoms with van der Waals surface area (Å²) < 4.78 is 17.1. The van der Waals surface area contributed by atoms with Crippen molar-refractivity contribution in [3.63, 3.8) is 0 Å². The molecule has 1 aromatic carbocycles. The number of nitrogens with one attached hydrogen (secondary N) is 1. The lowest BCUT2D eigenvalue weighted by molar-refractivity contribution is 0.0735. The maximum Gasteiger partial charge on any atom is 0.175 e. The number of hydrogen-bond donors (Lipinski definition) is 1. The molecule has 2 aliphatic heterocycles. The Hall–Kier alpha value is -2.05. The topological polar surface area (TPSA) is 63.8 Å². The van der Waals surface area contributed by atoms with Gasteiger partial charge < -0.3 is 19.2 Å². The SMILES string of the molecule is COc1cc2[nH]c(C(C)=O)cc2cc1OCCN1CCC2(CCOC2)CC1. The van der Waals surface area contributed by atoms with Crippen LogP contribution in [-0.4, -0.2) is 62.2 Å². The Kier molecular flexibility index (Phi) is 5.10. The van der Waals surface area contributed by atoms with Gasteiger partial charge in [-0.05, 0) is 49.9 Å². The van der Waals surface area contributed by atoms with E-state index in [4.69, 9.17) is 14.2 Å². The van der Waals surface area contributed by atoms with Gasteiger partial charge in [0.15, 0.2) is 17.3 Å². The van der Waals surface area contributed by atoms with E-state index in [0.717, 1.165) is 49.5 Å². The first-order valence-electron chi connectivity index (χ1n) is 9.73. The van der Waals surface area contributed by atoms with Crippen molar-refractivity contribution in [3.8, 4) is 11.5 Å². The van der Waals surface area contributed by atoms with E-state index in [2.05, 4.69) is 9.88 Å². The lowest BCUT2D eigenvalue weighted by Crippen LogP contribution is -2.42. The number of benzene rings is 1. The highest BCUT2D eigenvalue weighted by Crippen LogP contribution is 2.39. The number of aromatic nitrogens is 1. The van der Waals surface area contributed by atoms with Gasteiger partial charge in [-0.25, -0.2) is 0 Å². The normalized spacial score (nSPS) is 19.6. The number of hydrogen-bond acceptors (Lipinski definition) is 5. The lowest BCUT2D eigenvalue weighted by Gasteiger charge is -2.38. The molecule has 4 rings (SSSR count). The van der Waals surface area contributed by atoms with Crippen LogP contribution in [0.4, 0.5) is 0 Å². The molecular weight excluding hydrogens is 344 g/mol. The molecule has 2 aromatic rings. The molecule has 0 unspecified atom stereocenters. The second kappa shape index (κ2) is 7.52. The fourth-order valence-corrected chi connectivity index (χ4v) is 4.18. The molecule has 2 aliphatic rings. The second-order valence-corrected chi connectivity index (χ2v) is 7.82. The van der Waals surface area contributed by atoms with Gasteiger partial charge in [0.05, 0.1) is 19.4 Å². The first-order chi connectivity index (χ1) is 13.1. The maximum atomic E-state index is 11.6. The maximum absolute atomic E-state index is 11.6. The van der Waals surface area contributed by atoms with Gasteiger partial charge in [0.1, 0.15) is 6.61 Å². The van der Waals surface area contributed by atoms with Gasteiger partial charge in [0, 0.05) is 37.0 Å². The molecule has 2 fully saturated rings. The van der Waals surface area contributed by atoms with Gasteiger partial charge in [0.2, 0.25) is 0 Å². The number of rotatable bonds is 6. The second-order valence-electron chi connectivity index (χ2n) is 7.82. The smallest absolute Gasteiger partial charge is 0.175 e. The van der Waals surface area contributed by atoms with Crippen molar-refractivity contribution in [1.29, 1.82) is 0 Å². The number of likely N-dealkylation sites (tertiary alicyclic amines) is 1. The summed E-state index contributed by atoms with van der Waals surface area (Å²) in [5.41, 5.74) is 1.92. The summed E-state index contributed by atoms with van der Waals surface area (Å²) in [5, 5.41) is 0.956. The van der Waals surface area contributed by atoms with Crippen LogP contribution >= 0.6 is 0 Å². The number of aromatic amines is 1. The van der Waals surface area contributed by atoms with Crippen LogP contribution in [-0.2, 0) is 4.74 Å². The van der Waals surface area contributed by atoms with Crippen LogP contribution in [0.3, 0.4) is 0 Å². The van der Waals surface area contributed by atoms with E-state index in [1.807, 2.05) is 18.2 Å². The number of ether oxygens (including phenoxy) is 3. The highest BCUT2D eigenvalue weighted by atomic mass is 16.5. The Bertz CT molecular complexity index is 813. The summed E-state index contributed by atoms with van der Waals surface area (Å²) in [6.07, 6.45) is 3.66. The van der Waals surface area contributed by atoms with Gasteiger partial charge >= 0.3 is 0 Å². The molecule has 2 saturated heterocycles. The van der Waals surface area contributed by atoms with Gasteiger partial charge in [-0.15, -0.1) is 0 Å². The molecular formula is C21H28N2O4.